The molecule has 8 heteroatoms. The van der Waals surface area contributed by atoms with Crippen LogP contribution in [0.3, 0.4) is 0 Å². The number of rotatable bonds is 4. The third kappa shape index (κ3) is 4.05. The summed E-state index contributed by atoms with van der Waals surface area (Å²) in [6.07, 6.45) is 1.34. The molecule has 3 amide bonds. The highest BCUT2D eigenvalue weighted by atomic mass is 16.5. The number of nitrogens with zero attached hydrogens (tertiary/aromatic N) is 3. The normalized spacial score (nSPS) is 14.0. The SMILES string of the molecule is COc1ccc(C(=O)N2CCN(C(=O)c3ccc(C(N)=O)nc3)CC2)cc1. The quantitative estimate of drug-likeness (QED) is 0.859. The van der Waals surface area contributed by atoms with Gasteiger partial charge in [0.15, 0.2) is 0 Å². The molecule has 0 unspecified atom stereocenters. The number of carbonyl (C=O) groups excluding carboxylic acids is 3. The highest BCUT2D eigenvalue weighted by Crippen LogP contribution is 2.15. The predicted octanol–water partition coefficient (Wildman–Crippen LogP) is 0.787. The number of carbonyl (C=O) groups is 3. The van der Waals surface area contributed by atoms with Gasteiger partial charge in [0, 0.05) is 37.9 Å². The largest absolute Gasteiger partial charge is 0.497 e. The van der Waals surface area contributed by atoms with E-state index in [-0.39, 0.29) is 17.5 Å². The molecule has 2 heterocycles. The van der Waals surface area contributed by atoms with E-state index >= 15 is 0 Å². The molecule has 0 spiro atoms. The molecule has 1 fully saturated rings. The van der Waals surface area contributed by atoms with Crippen molar-refractivity contribution in [2.75, 3.05) is 33.3 Å². The smallest absolute Gasteiger partial charge is 0.267 e. The number of methoxy groups -OCH3 is 1. The topological polar surface area (TPSA) is 106 Å². The van der Waals surface area contributed by atoms with E-state index in [0.29, 0.717) is 43.1 Å². The van der Waals surface area contributed by atoms with Gasteiger partial charge in [0.05, 0.1) is 12.7 Å². The molecule has 0 atom stereocenters. The molecular formula is C19H20N4O4. The van der Waals surface area contributed by atoms with Gasteiger partial charge in [-0.15, -0.1) is 0 Å². The van der Waals surface area contributed by atoms with Gasteiger partial charge < -0.3 is 20.3 Å². The van der Waals surface area contributed by atoms with E-state index in [9.17, 15) is 14.4 Å². The number of benzene rings is 1. The number of hydrogen-bond donors (Lipinski definition) is 1. The second kappa shape index (κ2) is 7.86. The van der Waals surface area contributed by atoms with Gasteiger partial charge in [0.25, 0.3) is 17.7 Å². The molecule has 0 aliphatic carbocycles. The van der Waals surface area contributed by atoms with E-state index in [2.05, 4.69) is 4.98 Å². The van der Waals surface area contributed by atoms with Crippen LogP contribution in [0.1, 0.15) is 31.2 Å². The number of amides is 3. The number of ether oxygens (including phenoxy) is 1. The van der Waals surface area contributed by atoms with Crippen molar-refractivity contribution in [3.8, 4) is 5.75 Å². The first-order valence-electron chi connectivity index (χ1n) is 8.48. The fraction of sp³-hybridized carbons (Fsp3) is 0.263. The molecule has 1 aromatic carbocycles. The molecule has 1 aliphatic rings. The maximum absolute atomic E-state index is 12.6. The van der Waals surface area contributed by atoms with Gasteiger partial charge in [0.2, 0.25) is 0 Å². The Bertz CT molecular complexity index is 841. The summed E-state index contributed by atoms with van der Waals surface area (Å²) in [4.78, 5) is 43.5. The second-order valence-corrected chi connectivity index (χ2v) is 6.11. The van der Waals surface area contributed by atoms with E-state index in [1.54, 1.807) is 41.2 Å². The first-order chi connectivity index (χ1) is 13.0. The van der Waals surface area contributed by atoms with Gasteiger partial charge in [-0.3, -0.25) is 19.4 Å². The van der Waals surface area contributed by atoms with E-state index < -0.39 is 5.91 Å². The van der Waals surface area contributed by atoms with Crippen LogP contribution in [-0.2, 0) is 0 Å². The fourth-order valence-electron chi connectivity index (χ4n) is 2.88. The van der Waals surface area contributed by atoms with Gasteiger partial charge >= 0.3 is 0 Å². The van der Waals surface area contributed by atoms with E-state index in [0.717, 1.165) is 0 Å². The van der Waals surface area contributed by atoms with Gasteiger partial charge in [-0.05, 0) is 36.4 Å². The van der Waals surface area contributed by atoms with Crippen LogP contribution in [0, 0.1) is 0 Å². The van der Waals surface area contributed by atoms with Crippen LogP contribution in [0.5, 0.6) is 5.75 Å². The van der Waals surface area contributed by atoms with Crippen molar-refractivity contribution in [1.29, 1.82) is 0 Å². The van der Waals surface area contributed by atoms with Crippen molar-refractivity contribution in [3.05, 3.63) is 59.4 Å². The predicted molar refractivity (Wildman–Crippen MR) is 97.6 cm³/mol. The lowest BCUT2D eigenvalue weighted by molar-refractivity contribution is 0.0535. The third-order valence-electron chi connectivity index (χ3n) is 4.45. The Balaban J connectivity index is 1.59. The minimum atomic E-state index is -0.639. The van der Waals surface area contributed by atoms with Crippen LogP contribution < -0.4 is 10.5 Å². The van der Waals surface area contributed by atoms with Gasteiger partial charge in [-0.2, -0.15) is 0 Å². The fourth-order valence-corrected chi connectivity index (χ4v) is 2.88. The zero-order valence-electron chi connectivity index (χ0n) is 14.9. The highest BCUT2D eigenvalue weighted by Gasteiger charge is 2.25. The van der Waals surface area contributed by atoms with Crippen LogP contribution >= 0.6 is 0 Å². The Hall–Kier alpha value is -3.42. The van der Waals surface area contributed by atoms with Crippen molar-refractivity contribution in [2.24, 2.45) is 5.73 Å². The van der Waals surface area contributed by atoms with E-state index in [1.807, 2.05) is 0 Å². The number of nitrogens with two attached hydrogens (primary N) is 1. The van der Waals surface area contributed by atoms with Gasteiger partial charge in [0.1, 0.15) is 11.4 Å². The lowest BCUT2D eigenvalue weighted by atomic mass is 10.1. The highest BCUT2D eigenvalue weighted by molar-refractivity contribution is 5.97. The summed E-state index contributed by atoms with van der Waals surface area (Å²) in [5.74, 6) is -0.204. The van der Waals surface area contributed by atoms with Crippen LogP contribution in [-0.4, -0.2) is 65.8 Å². The number of aromatic nitrogens is 1. The molecule has 0 bridgehead atoms. The van der Waals surface area contributed by atoms with Crippen molar-refractivity contribution in [1.82, 2.24) is 14.8 Å². The van der Waals surface area contributed by atoms with Crippen molar-refractivity contribution < 1.29 is 19.1 Å². The Morgan fingerprint density at radius 2 is 1.41 bits per heavy atom. The first kappa shape index (κ1) is 18.4. The summed E-state index contributed by atoms with van der Waals surface area (Å²) >= 11 is 0. The van der Waals surface area contributed by atoms with Gasteiger partial charge in [-0.25, -0.2) is 0 Å². The van der Waals surface area contributed by atoms with E-state index in [1.165, 1.54) is 18.3 Å². The molecule has 2 aromatic rings. The zero-order chi connectivity index (χ0) is 19.4. The minimum absolute atomic E-state index is 0.0720. The minimum Gasteiger partial charge on any atom is -0.497 e. The second-order valence-electron chi connectivity index (χ2n) is 6.11. The van der Waals surface area contributed by atoms with Crippen molar-refractivity contribution in [3.63, 3.8) is 0 Å². The third-order valence-corrected chi connectivity index (χ3v) is 4.45. The Morgan fingerprint density at radius 1 is 0.889 bits per heavy atom. The van der Waals surface area contributed by atoms with E-state index in [4.69, 9.17) is 10.5 Å². The summed E-state index contributed by atoms with van der Waals surface area (Å²) in [5, 5.41) is 0. The maximum atomic E-state index is 12.6. The van der Waals surface area contributed by atoms with Crippen LogP contribution in [0.15, 0.2) is 42.6 Å². The summed E-state index contributed by atoms with van der Waals surface area (Å²) in [6.45, 7) is 1.75. The molecule has 3 rings (SSSR count). The molecule has 0 radical (unpaired) electrons. The molecule has 1 aliphatic heterocycles. The Kier molecular flexibility index (Phi) is 5.35. The van der Waals surface area contributed by atoms with Gasteiger partial charge in [-0.1, -0.05) is 0 Å². The summed E-state index contributed by atoms with van der Waals surface area (Å²) in [6, 6.07) is 9.91. The average molecular weight is 368 g/mol. The molecule has 1 aromatic heterocycles. The molecule has 1 saturated heterocycles. The summed E-state index contributed by atoms with van der Waals surface area (Å²) in [5.41, 5.74) is 6.23. The summed E-state index contributed by atoms with van der Waals surface area (Å²) in [7, 11) is 1.57. The molecule has 0 saturated carbocycles. The molecule has 2 N–H and O–H groups in total. The lowest BCUT2D eigenvalue weighted by Crippen LogP contribution is -2.50. The standard InChI is InChI=1S/C19H20N4O4/c1-27-15-5-2-13(3-6-15)18(25)22-8-10-23(11-9-22)19(26)14-4-7-16(17(20)24)21-12-14/h2-7,12H,8-11H2,1H3,(H2,20,24). The molecule has 140 valence electrons. The first-order valence-corrected chi connectivity index (χ1v) is 8.48. The maximum Gasteiger partial charge on any atom is 0.267 e. The number of pyridine rings is 1. The lowest BCUT2D eigenvalue weighted by Gasteiger charge is -2.34. The van der Waals surface area contributed by atoms with Crippen LogP contribution in [0.2, 0.25) is 0 Å². The van der Waals surface area contributed by atoms with Crippen molar-refractivity contribution in [2.45, 2.75) is 0 Å². The number of piperazine rings is 1. The number of hydrogen-bond acceptors (Lipinski definition) is 5. The molecular weight excluding hydrogens is 348 g/mol. The van der Waals surface area contributed by atoms with Crippen LogP contribution in [0.25, 0.3) is 0 Å². The zero-order valence-corrected chi connectivity index (χ0v) is 14.9. The summed E-state index contributed by atoms with van der Waals surface area (Å²) < 4.78 is 5.10. The number of primary amides is 1. The Morgan fingerprint density at radius 3 is 1.85 bits per heavy atom. The van der Waals surface area contributed by atoms with Crippen molar-refractivity contribution >= 4 is 17.7 Å². The van der Waals surface area contributed by atoms with Crippen LogP contribution in [0.4, 0.5) is 0 Å². The average Bonchev–Trinajstić information content (AvgIpc) is 2.73. The molecule has 27 heavy (non-hydrogen) atoms. The Labute approximate surface area is 156 Å². The molecule has 8 nitrogen and oxygen atoms in total. The monoisotopic (exact) mass is 368 g/mol.